The molecule has 0 unspecified atom stereocenters. The van der Waals surface area contributed by atoms with Crippen LogP contribution >= 0.6 is 27.5 Å². The molecule has 1 heterocycles. The Morgan fingerprint density at radius 3 is 2.63 bits per heavy atom. The molecule has 1 amide bonds. The molecule has 98 valence electrons. The Bertz CT molecular complexity index is 572. The molecular weight excluding hydrogens is 328 g/mol. The zero-order chi connectivity index (χ0) is 13.7. The molecule has 0 fully saturated rings. The number of nitrogens with one attached hydrogen (secondary N) is 1. The van der Waals surface area contributed by atoms with Crippen molar-refractivity contribution in [1.29, 1.82) is 0 Å². The number of benzene rings is 1. The molecule has 0 spiro atoms. The highest BCUT2D eigenvalue weighted by molar-refractivity contribution is 9.09. The van der Waals surface area contributed by atoms with Gasteiger partial charge in [0.2, 0.25) is 0 Å². The van der Waals surface area contributed by atoms with Crippen LogP contribution in [0.3, 0.4) is 0 Å². The van der Waals surface area contributed by atoms with Gasteiger partial charge in [-0.05, 0) is 30.2 Å². The molecule has 0 saturated heterocycles. The number of aromatic nitrogens is 1. The summed E-state index contributed by atoms with van der Waals surface area (Å²) in [6.45, 7) is 0. The number of aryl methyl sites for hydroxylation is 1. The van der Waals surface area contributed by atoms with Crippen LogP contribution in [0.1, 0.15) is 15.9 Å². The Labute approximate surface area is 125 Å². The highest BCUT2D eigenvalue weighted by atomic mass is 79.9. The monoisotopic (exact) mass is 338 g/mol. The molecule has 2 aromatic rings. The molecule has 1 aromatic carbocycles. The standard InChI is InChI=1S/C14H12BrClN2O/c15-7-5-10-1-3-11(4-2-10)18-14(19)12-6-8-17-9-13(12)16/h1-4,6,8-9H,5,7H2,(H,18,19). The van der Waals surface area contributed by atoms with Crippen molar-refractivity contribution in [3.63, 3.8) is 0 Å². The molecule has 1 aromatic heterocycles. The number of carbonyl (C=O) groups excluding carboxylic acids is 1. The van der Waals surface area contributed by atoms with Gasteiger partial charge in [-0.15, -0.1) is 0 Å². The van der Waals surface area contributed by atoms with E-state index in [1.165, 1.54) is 11.8 Å². The predicted octanol–water partition coefficient (Wildman–Crippen LogP) is 3.92. The van der Waals surface area contributed by atoms with E-state index in [9.17, 15) is 4.79 Å². The average molecular weight is 340 g/mol. The highest BCUT2D eigenvalue weighted by Crippen LogP contribution is 2.16. The molecule has 2 rings (SSSR count). The summed E-state index contributed by atoms with van der Waals surface area (Å²) >= 11 is 9.32. The number of hydrogen-bond acceptors (Lipinski definition) is 2. The minimum absolute atomic E-state index is 0.236. The molecule has 0 aliphatic carbocycles. The Balaban J connectivity index is 2.09. The fourth-order valence-electron chi connectivity index (χ4n) is 1.62. The first-order chi connectivity index (χ1) is 9.20. The van der Waals surface area contributed by atoms with Crippen LogP contribution in [-0.2, 0) is 6.42 Å². The van der Waals surface area contributed by atoms with Crippen molar-refractivity contribution in [2.24, 2.45) is 0 Å². The number of hydrogen-bond donors (Lipinski definition) is 1. The summed E-state index contributed by atoms with van der Waals surface area (Å²) in [5, 5.41) is 4.07. The van der Waals surface area contributed by atoms with Gasteiger partial charge in [0.1, 0.15) is 0 Å². The lowest BCUT2D eigenvalue weighted by Crippen LogP contribution is -2.12. The molecule has 5 heteroatoms. The molecule has 0 aliphatic heterocycles. The van der Waals surface area contributed by atoms with Crippen molar-refractivity contribution in [3.8, 4) is 0 Å². The van der Waals surface area contributed by atoms with Crippen molar-refractivity contribution in [1.82, 2.24) is 4.98 Å². The van der Waals surface area contributed by atoms with Crippen LogP contribution in [0.2, 0.25) is 5.02 Å². The minimum Gasteiger partial charge on any atom is -0.322 e. The van der Waals surface area contributed by atoms with E-state index >= 15 is 0 Å². The van der Waals surface area contributed by atoms with Gasteiger partial charge in [0.15, 0.2) is 0 Å². The predicted molar refractivity (Wildman–Crippen MR) is 81.1 cm³/mol. The summed E-state index contributed by atoms with van der Waals surface area (Å²) in [5.41, 5.74) is 2.38. The number of halogens is 2. The maximum absolute atomic E-state index is 12.0. The lowest BCUT2D eigenvalue weighted by atomic mass is 10.1. The van der Waals surface area contributed by atoms with Crippen LogP contribution in [0.4, 0.5) is 5.69 Å². The van der Waals surface area contributed by atoms with Crippen molar-refractivity contribution in [2.45, 2.75) is 6.42 Å². The SMILES string of the molecule is O=C(Nc1ccc(CCBr)cc1)c1ccncc1Cl. The number of anilines is 1. The number of nitrogens with zero attached hydrogens (tertiary/aromatic N) is 1. The van der Waals surface area contributed by atoms with Gasteiger partial charge in [0.05, 0.1) is 10.6 Å². The van der Waals surface area contributed by atoms with Gasteiger partial charge in [0, 0.05) is 23.4 Å². The average Bonchev–Trinajstić information content (AvgIpc) is 2.42. The van der Waals surface area contributed by atoms with Crippen LogP contribution < -0.4 is 5.32 Å². The summed E-state index contributed by atoms with van der Waals surface area (Å²) in [5.74, 6) is -0.236. The van der Waals surface area contributed by atoms with Gasteiger partial charge >= 0.3 is 0 Å². The zero-order valence-electron chi connectivity index (χ0n) is 10.1. The van der Waals surface area contributed by atoms with Gasteiger partial charge in [-0.25, -0.2) is 0 Å². The Morgan fingerprint density at radius 2 is 2.00 bits per heavy atom. The van der Waals surface area contributed by atoms with Gasteiger partial charge in [-0.3, -0.25) is 9.78 Å². The van der Waals surface area contributed by atoms with Crippen molar-refractivity contribution < 1.29 is 4.79 Å². The molecule has 3 nitrogen and oxygen atoms in total. The quantitative estimate of drug-likeness (QED) is 0.858. The second-order valence-corrected chi connectivity index (χ2v) is 5.15. The van der Waals surface area contributed by atoms with Crippen molar-refractivity contribution in [3.05, 3.63) is 58.9 Å². The number of pyridine rings is 1. The first-order valence-corrected chi connectivity index (χ1v) is 7.26. The summed E-state index contributed by atoms with van der Waals surface area (Å²) in [4.78, 5) is 15.9. The third-order valence-corrected chi connectivity index (χ3v) is 3.31. The van der Waals surface area contributed by atoms with E-state index in [0.29, 0.717) is 10.6 Å². The van der Waals surface area contributed by atoms with Crippen LogP contribution in [0.5, 0.6) is 0 Å². The maximum Gasteiger partial charge on any atom is 0.257 e. The second kappa shape index (κ2) is 6.68. The van der Waals surface area contributed by atoms with E-state index in [2.05, 4.69) is 26.2 Å². The largest absolute Gasteiger partial charge is 0.322 e. The van der Waals surface area contributed by atoms with Crippen LogP contribution in [-0.4, -0.2) is 16.2 Å². The summed E-state index contributed by atoms with van der Waals surface area (Å²) in [6.07, 6.45) is 3.96. The zero-order valence-corrected chi connectivity index (χ0v) is 12.4. The number of carbonyl (C=O) groups is 1. The molecule has 0 radical (unpaired) electrons. The molecular formula is C14H12BrClN2O. The van der Waals surface area contributed by atoms with E-state index < -0.39 is 0 Å². The van der Waals surface area contributed by atoms with Crippen LogP contribution in [0, 0.1) is 0 Å². The van der Waals surface area contributed by atoms with Crippen molar-refractivity contribution >= 4 is 39.1 Å². The van der Waals surface area contributed by atoms with Gasteiger partial charge in [-0.1, -0.05) is 39.7 Å². The molecule has 0 bridgehead atoms. The van der Waals surface area contributed by atoms with E-state index in [0.717, 1.165) is 17.4 Å². The van der Waals surface area contributed by atoms with E-state index in [-0.39, 0.29) is 5.91 Å². The number of alkyl halides is 1. The Hall–Kier alpha value is -1.39. The smallest absolute Gasteiger partial charge is 0.257 e. The second-order valence-electron chi connectivity index (χ2n) is 3.95. The topological polar surface area (TPSA) is 42.0 Å². The fraction of sp³-hybridized carbons (Fsp3) is 0.143. The molecule has 19 heavy (non-hydrogen) atoms. The molecule has 0 atom stereocenters. The fourth-order valence-corrected chi connectivity index (χ4v) is 2.28. The third kappa shape index (κ3) is 3.78. The molecule has 1 N–H and O–H groups in total. The van der Waals surface area contributed by atoms with Gasteiger partial charge < -0.3 is 5.32 Å². The number of amides is 1. The third-order valence-electron chi connectivity index (χ3n) is 2.61. The number of rotatable bonds is 4. The first-order valence-electron chi connectivity index (χ1n) is 5.76. The summed E-state index contributed by atoms with van der Waals surface area (Å²) in [6, 6.07) is 9.34. The van der Waals surface area contributed by atoms with E-state index in [4.69, 9.17) is 11.6 Å². The lowest BCUT2D eigenvalue weighted by Gasteiger charge is -2.07. The van der Waals surface area contributed by atoms with Crippen LogP contribution in [0.25, 0.3) is 0 Å². The summed E-state index contributed by atoms with van der Waals surface area (Å²) < 4.78 is 0. The maximum atomic E-state index is 12.0. The molecule has 0 aliphatic rings. The Morgan fingerprint density at radius 1 is 1.26 bits per heavy atom. The van der Waals surface area contributed by atoms with E-state index in [1.54, 1.807) is 12.3 Å². The van der Waals surface area contributed by atoms with Crippen LogP contribution in [0.15, 0.2) is 42.7 Å². The van der Waals surface area contributed by atoms with Gasteiger partial charge in [0.25, 0.3) is 5.91 Å². The molecule has 0 saturated carbocycles. The first kappa shape index (κ1) is 14.0. The normalized spacial score (nSPS) is 10.2. The van der Waals surface area contributed by atoms with Gasteiger partial charge in [-0.2, -0.15) is 0 Å². The summed E-state index contributed by atoms with van der Waals surface area (Å²) in [7, 11) is 0. The minimum atomic E-state index is -0.236. The highest BCUT2D eigenvalue weighted by Gasteiger charge is 2.09. The lowest BCUT2D eigenvalue weighted by molar-refractivity contribution is 0.102. The Kier molecular flexibility index (Phi) is 4.93. The van der Waals surface area contributed by atoms with E-state index in [1.807, 2.05) is 24.3 Å². The van der Waals surface area contributed by atoms with Crippen molar-refractivity contribution in [2.75, 3.05) is 10.6 Å².